The summed E-state index contributed by atoms with van der Waals surface area (Å²) in [6.45, 7) is 6.16. The van der Waals surface area contributed by atoms with Crippen molar-refractivity contribution in [2.45, 2.75) is 20.8 Å². The van der Waals surface area contributed by atoms with Crippen LogP contribution in [0.25, 0.3) is 11.3 Å². The minimum atomic E-state index is 0.805. The lowest BCUT2D eigenvalue weighted by Crippen LogP contribution is -1.89. The molecule has 0 aliphatic carbocycles. The van der Waals surface area contributed by atoms with Crippen molar-refractivity contribution in [3.05, 3.63) is 34.3 Å². The van der Waals surface area contributed by atoms with E-state index in [2.05, 4.69) is 37.0 Å². The molecule has 0 fully saturated rings. The molecule has 2 aromatic rings. The van der Waals surface area contributed by atoms with E-state index in [1.54, 1.807) is 11.3 Å². The van der Waals surface area contributed by atoms with Gasteiger partial charge in [0, 0.05) is 5.56 Å². The van der Waals surface area contributed by atoms with Crippen molar-refractivity contribution >= 4 is 16.3 Å². The molecule has 0 saturated heterocycles. The number of nitrogens with two attached hydrogens (primary N) is 1. The van der Waals surface area contributed by atoms with Crippen LogP contribution in [0.3, 0.4) is 0 Å². The number of nitrogens with zero attached hydrogens (tertiary/aromatic N) is 1. The molecule has 0 aliphatic rings. The van der Waals surface area contributed by atoms with Gasteiger partial charge < -0.3 is 5.73 Å². The molecule has 0 atom stereocenters. The predicted molar refractivity (Wildman–Crippen MR) is 66.2 cm³/mol. The fourth-order valence-electron chi connectivity index (χ4n) is 1.72. The maximum Gasteiger partial charge on any atom is 0.114 e. The number of nitrogen functional groups attached to an aromatic ring is 1. The molecule has 0 aliphatic heterocycles. The molecule has 15 heavy (non-hydrogen) atoms. The van der Waals surface area contributed by atoms with Crippen LogP contribution in [0.5, 0.6) is 0 Å². The lowest BCUT2D eigenvalue weighted by atomic mass is 10.0. The fourth-order valence-corrected chi connectivity index (χ4v) is 2.42. The van der Waals surface area contributed by atoms with Gasteiger partial charge in [-0.3, -0.25) is 0 Å². The van der Waals surface area contributed by atoms with Crippen molar-refractivity contribution < 1.29 is 0 Å². The molecule has 1 aromatic carbocycles. The van der Waals surface area contributed by atoms with E-state index < -0.39 is 0 Å². The van der Waals surface area contributed by atoms with E-state index in [1.807, 2.05) is 6.92 Å². The summed E-state index contributed by atoms with van der Waals surface area (Å²) in [6.07, 6.45) is 0. The number of rotatable bonds is 1. The molecular weight excluding hydrogens is 204 g/mol. The van der Waals surface area contributed by atoms with Crippen molar-refractivity contribution in [3.63, 3.8) is 0 Å². The molecule has 0 bridgehead atoms. The summed E-state index contributed by atoms with van der Waals surface area (Å²) in [7, 11) is 0. The normalized spacial score (nSPS) is 10.6. The van der Waals surface area contributed by atoms with E-state index in [9.17, 15) is 0 Å². The van der Waals surface area contributed by atoms with Crippen molar-refractivity contribution in [1.29, 1.82) is 0 Å². The van der Waals surface area contributed by atoms with Crippen molar-refractivity contribution in [3.8, 4) is 11.3 Å². The first-order chi connectivity index (χ1) is 7.08. The zero-order valence-electron chi connectivity index (χ0n) is 9.16. The molecule has 78 valence electrons. The molecule has 0 spiro atoms. The standard InChI is InChI=1S/C12H14N2S/c1-7-4-5-10(8(2)6-7)11-12(13)15-9(3)14-11/h4-6H,13H2,1-3H3. The van der Waals surface area contributed by atoms with Crippen LogP contribution >= 0.6 is 11.3 Å². The monoisotopic (exact) mass is 218 g/mol. The van der Waals surface area contributed by atoms with Gasteiger partial charge in [-0.25, -0.2) is 4.98 Å². The lowest BCUT2D eigenvalue weighted by molar-refractivity contribution is 1.28. The van der Waals surface area contributed by atoms with Gasteiger partial charge in [0.1, 0.15) is 10.7 Å². The Morgan fingerprint density at radius 2 is 1.93 bits per heavy atom. The molecule has 1 aromatic heterocycles. The second-order valence-electron chi connectivity index (χ2n) is 3.76. The number of anilines is 1. The van der Waals surface area contributed by atoms with Gasteiger partial charge in [0.2, 0.25) is 0 Å². The Morgan fingerprint density at radius 3 is 2.47 bits per heavy atom. The van der Waals surface area contributed by atoms with E-state index in [4.69, 9.17) is 5.73 Å². The van der Waals surface area contributed by atoms with Gasteiger partial charge in [-0.05, 0) is 26.3 Å². The van der Waals surface area contributed by atoms with E-state index in [-0.39, 0.29) is 0 Å². The van der Waals surface area contributed by atoms with Crippen molar-refractivity contribution in [2.75, 3.05) is 5.73 Å². The molecule has 0 amide bonds. The largest absolute Gasteiger partial charge is 0.389 e. The summed E-state index contributed by atoms with van der Waals surface area (Å²) in [5.41, 5.74) is 10.5. The van der Waals surface area contributed by atoms with Gasteiger partial charge in [0.05, 0.1) is 5.01 Å². The maximum absolute atomic E-state index is 5.94. The zero-order valence-corrected chi connectivity index (χ0v) is 9.98. The Hall–Kier alpha value is -1.35. The van der Waals surface area contributed by atoms with Crippen LogP contribution in [0.2, 0.25) is 0 Å². The van der Waals surface area contributed by atoms with E-state index in [0.717, 1.165) is 21.3 Å². The summed E-state index contributed by atoms with van der Waals surface area (Å²) in [4.78, 5) is 4.46. The Labute approximate surface area is 93.8 Å². The van der Waals surface area contributed by atoms with Gasteiger partial charge in [-0.15, -0.1) is 11.3 Å². The Bertz CT molecular complexity index is 500. The highest BCUT2D eigenvalue weighted by Gasteiger charge is 2.10. The molecule has 0 radical (unpaired) electrons. The Kier molecular flexibility index (Phi) is 2.49. The summed E-state index contributed by atoms with van der Waals surface area (Å²) >= 11 is 1.54. The van der Waals surface area contributed by atoms with Crippen molar-refractivity contribution in [2.24, 2.45) is 0 Å². The summed E-state index contributed by atoms with van der Waals surface area (Å²) < 4.78 is 0. The van der Waals surface area contributed by atoms with E-state index >= 15 is 0 Å². The van der Waals surface area contributed by atoms with E-state index in [0.29, 0.717) is 0 Å². The summed E-state index contributed by atoms with van der Waals surface area (Å²) in [5, 5.41) is 1.82. The third kappa shape index (κ3) is 1.88. The molecule has 2 nitrogen and oxygen atoms in total. The Balaban J connectivity index is 2.59. The van der Waals surface area contributed by atoms with Gasteiger partial charge in [-0.2, -0.15) is 0 Å². The highest BCUT2D eigenvalue weighted by atomic mass is 32.1. The number of benzene rings is 1. The first kappa shape index (κ1) is 10.2. The molecule has 1 heterocycles. The highest BCUT2D eigenvalue weighted by Crippen LogP contribution is 2.32. The smallest absolute Gasteiger partial charge is 0.114 e. The summed E-state index contributed by atoms with van der Waals surface area (Å²) in [6, 6.07) is 6.34. The topological polar surface area (TPSA) is 38.9 Å². The van der Waals surface area contributed by atoms with Crippen LogP contribution in [-0.2, 0) is 0 Å². The van der Waals surface area contributed by atoms with Crippen LogP contribution in [0.4, 0.5) is 5.00 Å². The molecular formula is C12H14N2S. The fraction of sp³-hybridized carbons (Fsp3) is 0.250. The van der Waals surface area contributed by atoms with Crippen LogP contribution in [0, 0.1) is 20.8 Å². The lowest BCUT2D eigenvalue weighted by Gasteiger charge is -2.04. The zero-order chi connectivity index (χ0) is 11.0. The molecule has 3 heteroatoms. The number of thiazole rings is 1. The first-order valence-corrected chi connectivity index (χ1v) is 5.70. The van der Waals surface area contributed by atoms with Crippen LogP contribution < -0.4 is 5.73 Å². The van der Waals surface area contributed by atoms with Crippen LogP contribution in [0.1, 0.15) is 16.1 Å². The quantitative estimate of drug-likeness (QED) is 0.797. The third-order valence-electron chi connectivity index (χ3n) is 2.40. The average molecular weight is 218 g/mol. The van der Waals surface area contributed by atoms with Crippen LogP contribution in [0.15, 0.2) is 18.2 Å². The molecule has 0 unspecified atom stereocenters. The van der Waals surface area contributed by atoms with Gasteiger partial charge >= 0.3 is 0 Å². The van der Waals surface area contributed by atoms with Gasteiger partial charge in [0.15, 0.2) is 0 Å². The minimum Gasteiger partial charge on any atom is -0.389 e. The average Bonchev–Trinajstić information content (AvgIpc) is 2.45. The second-order valence-corrected chi connectivity index (χ2v) is 5.00. The molecule has 2 N–H and O–H groups in total. The third-order valence-corrected chi connectivity index (χ3v) is 3.20. The number of hydrogen-bond donors (Lipinski definition) is 1. The van der Waals surface area contributed by atoms with E-state index in [1.165, 1.54) is 11.1 Å². The first-order valence-electron chi connectivity index (χ1n) is 4.88. The minimum absolute atomic E-state index is 0.805. The summed E-state index contributed by atoms with van der Waals surface area (Å²) in [5.74, 6) is 0. The predicted octanol–water partition coefficient (Wildman–Crippen LogP) is 3.32. The second kappa shape index (κ2) is 3.66. The highest BCUT2D eigenvalue weighted by molar-refractivity contribution is 7.16. The number of aromatic nitrogens is 1. The van der Waals surface area contributed by atoms with Gasteiger partial charge in [-0.1, -0.05) is 23.8 Å². The molecule has 0 saturated carbocycles. The maximum atomic E-state index is 5.94. The number of hydrogen-bond acceptors (Lipinski definition) is 3. The van der Waals surface area contributed by atoms with Crippen molar-refractivity contribution in [1.82, 2.24) is 4.98 Å². The van der Waals surface area contributed by atoms with Crippen LogP contribution in [-0.4, -0.2) is 4.98 Å². The van der Waals surface area contributed by atoms with Gasteiger partial charge in [0.25, 0.3) is 0 Å². The Morgan fingerprint density at radius 1 is 1.20 bits per heavy atom. The number of aryl methyl sites for hydroxylation is 3. The SMILES string of the molecule is Cc1ccc(-c2nc(C)sc2N)c(C)c1. The molecule has 2 rings (SSSR count).